The smallest absolute Gasteiger partial charge is 0.409 e. The second kappa shape index (κ2) is 8.86. The quantitative estimate of drug-likeness (QED) is 0.492. The van der Waals surface area contributed by atoms with Crippen molar-refractivity contribution in [2.45, 2.75) is 37.9 Å². The predicted molar refractivity (Wildman–Crippen MR) is 114 cm³/mol. The molecule has 3 aromatic rings. The Kier molecular flexibility index (Phi) is 6.03. The molecule has 1 aliphatic heterocycles. The number of benzene rings is 1. The Hall–Kier alpha value is -2.88. The van der Waals surface area contributed by atoms with Gasteiger partial charge < -0.3 is 15.0 Å². The minimum Gasteiger partial charge on any atom is -0.450 e. The van der Waals surface area contributed by atoms with Gasteiger partial charge in [-0.3, -0.25) is 4.79 Å². The summed E-state index contributed by atoms with van der Waals surface area (Å²) in [6, 6.07) is 7.83. The van der Waals surface area contributed by atoms with Crippen LogP contribution in [0.15, 0.2) is 29.4 Å². The van der Waals surface area contributed by atoms with E-state index in [9.17, 15) is 9.59 Å². The predicted octanol–water partition coefficient (Wildman–Crippen LogP) is 2.42. The van der Waals surface area contributed by atoms with Gasteiger partial charge in [-0.15, -0.1) is 5.10 Å². The molecule has 158 valence electrons. The number of thioether (sulfide) groups is 1. The summed E-state index contributed by atoms with van der Waals surface area (Å²) >= 11 is 1.34. The van der Waals surface area contributed by atoms with Crippen LogP contribution in [0, 0.1) is 6.92 Å². The van der Waals surface area contributed by atoms with E-state index in [1.807, 2.05) is 31.2 Å². The number of para-hydroxylation sites is 1. The molecule has 4 rings (SSSR count). The average Bonchev–Trinajstić information content (AvgIpc) is 3.14. The Morgan fingerprint density at radius 3 is 2.77 bits per heavy atom. The van der Waals surface area contributed by atoms with Gasteiger partial charge in [-0.25, -0.2) is 14.8 Å². The van der Waals surface area contributed by atoms with Crippen LogP contribution >= 0.6 is 11.8 Å². The first kappa shape index (κ1) is 20.4. The number of hydrogen-bond acceptors (Lipinski definition) is 7. The zero-order valence-corrected chi connectivity index (χ0v) is 17.8. The number of likely N-dealkylation sites (tertiary alicyclic amines) is 1. The van der Waals surface area contributed by atoms with Crippen LogP contribution in [0.3, 0.4) is 0 Å². The molecule has 0 saturated carbocycles. The van der Waals surface area contributed by atoms with Gasteiger partial charge in [-0.05, 0) is 38.8 Å². The molecule has 1 fully saturated rings. The molecule has 10 heteroatoms. The maximum absolute atomic E-state index is 12.5. The van der Waals surface area contributed by atoms with Gasteiger partial charge >= 0.3 is 6.09 Å². The fourth-order valence-corrected chi connectivity index (χ4v) is 4.30. The maximum atomic E-state index is 12.5. The van der Waals surface area contributed by atoms with Crippen LogP contribution in [0.5, 0.6) is 0 Å². The number of fused-ring (bicyclic) bond motifs is 3. The van der Waals surface area contributed by atoms with Crippen LogP contribution in [0.25, 0.3) is 16.6 Å². The van der Waals surface area contributed by atoms with Crippen molar-refractivity contribution in [3.05, 3.63) is 30.1 Å². The topological polar surface area (TPSA) is 102 Å². The fraction of sp³-hybridized carbons (Fsp3) is 0.450. The summed E-state index contributed by atoms with van der Waals surface area (Å²) in [4.78, 5) is 35.1. The molecule has 0 radical (unpaired) electrons. The van der Waals surface area contributed by atoms with Crippen LogP contribution in [-0.2, 0) is 9.53 Å². The van der Waals surface area contributed by atoms with E-state index in [-0.39, 0.29) is 23.8 Å². The Labute approximate surface area is 178 Å². The van der Waals surface area contributed by atoms with E-state index in [2.05, 4.69) is 20.4 Å². The van der Waals surface area contributed by atoms with Crippen LogP contribution < -0.4 is 5.32 Å². The molecule has 0 atom stereocenters. The molecule has 0 unspecified atom stereocenters. The van der Waals surface area contributed by atoms with Crippen LogP contribution in [0.1, 0.15) is 25.6 Å². The standard InChI is InChI=1S/C20H24N6O3S/c1-3-29-20(28)25-10-8-14(9-11-25)22-17(27)12-30-19-23-16-7-5-4-6-15(16)18-21-13(2)24-26(18)19/h4-7,14H,3,8-12H2,1-2H3,(H,22,27). The highest BCUT2D eigenvalue weighted by Gasteiger charge is 2.24. The van der Waals surface area contributed by atoms with Gasteiger partial charge in [0.15, 0.2) is 10.8 Å². The second-order valence-corrected chi connectivity index (χ2v) is 8.06. The molecular formula is C20H24N6O3S. The molecule has 1 N–H and O–H groups in total. The summed E-state index contributed by atoms with van der Waals surface area (Å²) in [7, 11) is 0. The molecular weight excluding hydrogens is 404 g/mol. The fourth-order valence-electron chi connectivity index (χ4n) is 3.55. The van der Waals surface area contributed by atoms with Crippen LogP contribution in [0.4, 0.5) is 4.79 Å². The normalized spacial score (nSPS) is 14.9. The maximum Gasteiger partial charge on any atom is 0.409 e. The summed E-state index contributed by atoms with van der Waals surface area (Å²) in [6.07, 6.45) is 1.15. The van der Waals surface area contributed by atoms with E-state index in [0.717, 1.165) is 29.4 Å². The van der Waals surface area contributed by atoms with Gasteiger partial charge in [0, 0.05) is 24.5 Å². The number of aromatic nitrogens is 4. The summed E-state index contributed by atoms with van der Waals surface area (Å²) < 4.78 is 6.73. The molecule has 3 heterocycles. The van der Waals surface area contributed by atoms with E-state index in [0.29, 0.717) is 30.7 Å². The Bertz CT molecular complexity index is 1080. The number of rotatable bonds is 5. The van der Waals surface area contributed by atoms with Gasteiger partial charge in [0.1, 0.15) is 5.82 Å². The van der Waals surface area contributed by atoms with Crippen molar-refractivity contribution in [2.24, 2.45) is 0 Å². The number of nitrogens with one attached hydrogen (secondary N) is 1. The van der Waals surface area contributed by atoms with Crippen molar-refractivity contribution in [1.82, 2.24) is 29.8 Å². The summed E-state index contributed by atoms with van der Waals surface area (Å²) in [5.41, 5.74) is 1.57. The third-order valence-electron chi connectivity index (χ3n) is 4.97. The first-order valence-electron chi connectivity index (χ1n) is 10.0. The van der Waals surface area contributed by atoms with E-state index in [1.54, 1.807) is 16.3 Å². The van der Waals surface area contributed by atoms with E-state index >= 15 is 0 Å². The highest BCUT2D eigenvalue weighted by atomic mass is 32.2. The highest BCUT2D eigenvalue weighted by molar-refractivity contribution is 7.99. The van der Waals surface area contributed by atoms with Crippen molar-refractivity contribution in [3.8, 4) is 0 Å². The SMILES string of the molecule is CCOC(=O)N1CCC(NC(=O)CSc2nc3ccccc3c3nc(C)nn23)CC1. The Morgan fingerprint density at radius 2 is 2.00 bits per heavy atom. The minimum absolute atomic E-state index is 0.0574. The van der Waals surface area contributed by atoms with E-state index in [4.69, 9.17) is 4.74 Å². The van der Waals surface area contributed by atoms with Crippen molar-refractivity contribution in [3.63, 3.8) is 0 Å². The van der Waals surface area contributed by atoms with Gasteiger partial charge in [-0.1, -0.05) is 23.9 Å². The van der Waals surface area contributed by atoms with Crippen molar-refractivity contribution in [1.29, 1.82) is 0 Å². The molecule has 1 aromatic carbocycles. The number of ether oxygens (including phenoxy) is 1. The van der Waals surface area contributed by atoms with Crippen LogP contribution in [-0.4, -0.2) is 68.0 Å². The number of hydrogen-bond donors (Lipinski definition) is 1. The lowest BCUT2D eigenvalue weighted by Gasteiger charge is -2.31. The molecule has 0 spiro atoms. The van der Waals surface area contributed by atoms with Gasteiger partial charge in [0.25, 0.3) is 0 Å². The van der Waals surface area contributed by atoms with Crippen molar-refractivity contribution < 1.29 is 14.3 Å². The molecule has 0 bridgehead atoms. The summed E-state index contributed by atoms with van der Waals surface area (Å²) in [6.45, 7) is 5.17. The third kappa shape index (κ3) is 4.33. The average molecular weight is 429 g/mol. The number of aryl methyl sites for hydroxylation is 1. The third-order valence-corrected chi connectivity index (χ3v) is 5.90. The van der Waals surface area contributed by atoms with Crippen molar-refractivity contribution >= 4 is 40.3 Å². The first-order valence-corrected chi connectivity index (χ1v) is 11.0. The Balaban J connectivity index is 1.37. The van der Waals surface area contributed by atoms with Gasteiger partial charge in [0.2, 0.25) is 5.91 Å². The Morgan fingerprint density at radius 1 is 1.23 bits per heavy atom. The van der Waals surface area contributed by atoms with Gasteiger partial charge in [0.05, 0.1) is 17.9 Å². The highest BCUT2D eigenvalue weighted by Crippen LogP contribution is 2.23. The second-order valence-electron chi connectivity index (χ2n) is 7.12. The molecule has 2 amide bonds. The van der Waals surface area contributed by atoms with Crippen LogP contribution in [0.2, 0.25) is 0 Å². The van der Waals surface area contributed by atoms with Gasteiger partial charge in [-0.2, -0.15) is 4.52 Å². The molecule has 1 saturated heterocycles. The molecule has 0 aliphatic carbocycles. The molecule has 1 aliphatic rings. The molecule has 30 heavy (non-hydrogen) atoms. The number of carbonyl (C=O) groups excluding carboxylic acids is 2. The minimum atomic E-state index is -0.285. The monoisotopic (exact) mass is 428 g/mol. The molecule has 2 aromatic heterocycles. The van der Waals surface area contributed by atoms with E-state index < -0.39 is 0 Å². The van der Waals surface area contributed by atoms with Crippen molar-refractivity contribution in [2.75, 3.05) is 25.4 Å². The zero-order valence-electron chi connectivity index (χ0n) is 17.0. The summed E-state index contributed by atoms with van der Waals surface area (Å²) in [5.74, 6) is 0.833. The number of amides is 2. The lowest BCUT2D eigenvalue weighted by molar-refractivity contribution is -0.119. The zero-order chi connectivity index (χ0) is 21.1. The lowest BCUT2D eigenvalue weighted by atomic mass is 10.1. The first-order chi connectivity index (χ1) is 14.5. The summed E-state index contributed by atoms with van der Waals surface area (Å²) in [5, 5.41) is 9.06. The largest absolute Gasteiger partial charge is 0.450 e. The molecule has 9 nitrogen and oxygen atoms in total. The lowest BCUT2D eigenvalue weighted by Crippen LogP contribution is -2.47. The number of carbonyl (C=O) groups is 2. The number of piperidine rings is 1. The van der Waals surface area contributed by atoms with E-state index in [1.165, 1.54) is 11.8 Å². The number of nitrogens with zero attached hydrogens (tertiary/aromatic N) is 5.